The van der Waals surface area contributed by atoms with Gasteiger partial charge < -0.3 is 9.32 Å². The number of benzene rings is 2. The molecule has 156 valence electrons. The molecule has 1 heterocycles. The summed E-state index contributed by atoms with van der Waals surface area (Å²) in [6, 6.07) is 15.6. The van der Waals surface area contributed by atoms with E-state index in [1.165, 1.54) is 36.6 Å². The minimum atomic E-state index is -3.74. The zero-order valence-electron chi connectivity index (χ0n) is 16.1. The Hall–Kier alpha value is -2.97. The summed E-state index contributed by atoms with van der Waals surface area (Å²) in [4.78, 5) is 14.7. The molecule has 0 spiro atoms. The van der Waals surface area contributed by atoms with Crippen LogP contribution in [0, 0.1) is 5.82 Å². The van der Waals surface area contributed by atoms with Gasteiger partial charge in [-0.05, 0) is 55.3 Å². The van der Waals surface area contributed by atoms with E-state index in [2.05, 4.69) is 4.72 Å². The highest BCUT2D eigenvalue weighted by molar-refractivity contribution is 7.89. The maximum absolute atomic E-state index is 14.0. The monoisotopic (exact) mass is 428 g/mol. The van der Waals surface area contributed by atoms with Crippen molar-refractivity contribution in [2.75, 3.05) is 0 Å². The lowest BCUT2D eigenvalue weighted by Crippen LogP contribution is -2.33. The minimum Gasteiger partial charge on any atom is -0.468 e. The Morgan fingerprint density at radius 1 is 1.07 bits per heavy atom. The highest BCUT2D eigenvalue weighted by Gasteiger charge is 2.33. The number of nitrogens with zero attached hydrogens (tertiary/aromatic N) is 1. The lowest BCUT2D eigenvalue weighted by atomic mass is 10.1. The van der Waals surface area contributed by atoms with Crippen molar-refractivity contribution in [1.29, 1.82) is 0 Å². The molecule has 4 rings (SSSR count). The molecular weight excluding hydrogens is 407 g/mol. The summed E-state index contributed by atoms with van der Waals surface area (Å²) < 4.78 is 46.5. The average Bonchev–Trinajstić information content (AvgIpc) is 3.45. The topological polar surface area (TPSA) is 79.6 Å². The fourth-order valence-corrected chi connectivity index (χ4v) is 4.16. The number of carbonyl (C=O) groups excluding carboxylic acids is 1. The first-order valence-electron chi connectivity index (χ1n) is 9.60. The average molecular weight is 428 g/mol. The van der Waals surface area contributed by atoms with E-state index < -0.39 is 10.0 Å². The molecule has 0 bridgehead atoms. The third-order valence-corrected chi connectivity index (χ3v) is 6.39. The zero-order valence-corrected chi connectivity index (χ0v) is 16.9. The quantitative estimate of drug-likeness (QED) is 0.593. The maximum Gasteiger partial charge on any atom is 0.254 e. The lowest BCUT2D eigenvalue weighted by molar-refractivity contribution is 0.0728. The number of hydrogen-bond donors (Lipinski definition) is 1. The minimum absolute atomic E-state index is 0.0358. The largest absolute Gasteiger partial charge is 0.468 e. The van der Waals surface area contributed by atoms with Crippen LogP contribution in [0.25, 0.3) is 0 Å². The summed E-state index contributed by atoms with van der Waals surface area (Å²) in [5, 5.41) is 0. The summed E-state index contributed by atoms with van der Waals surface area (Å²) in [7, 11) is -3.74. The van der Waals surface area contributed by atoms with Crippen LogP contribution in [-0.2, 0) is 23.1 Å². The van der Waals surface area contributed by atoms with E-state index in [1.807, 2.05) is 0 Å². The molecule has 0 saturated heterocycles. The van der Waals surface area contributed by atoms with E-state index in [4.69, 9.17) is 4.42 Å². The van der Waals surface area contributed by atoms with Crippen LogP contribution in [0.5, 0.6) is 0 Å². The molecule has 8 heteroatoms. The summed E-state index contributed by atoms with van der Waals surface area (Å²) in [6.07, 6.45) is 3.23. The van der Waals surface area contributed by atoms with Gasteiger partial charge in [0.15, 0.2) is 0 Å². The molecule has 1 aromatic heterocycles. The normalized spacial score (nSPS) is 13.9. The number of furan rings is 1. The van der Waals surface area contributed by atoms with Gasteiger partial charge in [-0.3, -0.25) is 4.79 Å². The number of hydrogen-bond acceptors (Lipinski definition) is 4. The number of rotatable bonds is 8. The SMILES string of the molecule is O=C(c1ccc(S(=O)(=O)NCc2ccco2)cc1)N(Cc1ccccc1F)C1CC1. The van der Waals surface area contributed by atoms with Crippen molar-refractivity contribution >= 4 is 15.9 Å². The Morgan fingerprint density at radius 3 is 2.43 bits per heavy atom. The summed E-state index contributed by atoms with van der Waals surface area (Å²) in [5.74, 6) is -0.0909. The van der Waals surface area contributed by atoms with Gasteiger partial charge in [0.25, 0.3) is 5.91 Å². The molecule has 3 aromatic rings. The molecule has 0 unspecified atom stereocenters. The zero-order chi connectivity index (χ0) is 21.1. The highest BCUT2D eigenvalue weighted by atomic mass is 32.2. The van der Waals surface area contributed by atoms with Crippen molar-refractivity contribution in [3.8, 4) is 0 Å². The van der Waals surface area contributed by atoms with Gasteiger partial charge in [-0.15, -0.1) is 0 Å². The molecule has 1 saturated carbocycles. The first-order valence-corrected chi connectivity index (χ1v) is 11.1. The van der Waals surface area contributed by atoms with E-state index in [9.17, 15) is 17.6 Å². The van der Waals surface area contributed by atoms with E-state index in [-0.39, 0.29) is 35.8 Å². The summed E-state index contributed by atoms with van der Waals surface area (Å²) in [5.41, 5.74) is 0.822. The van der Waals surface area contributed by atoms with E-state index in [0.717, 1.165) is 12.8 Å². The molecule has 1 amide bonds. The third kappa shape index (κ3) is 4.60. The Kier molecular flexibility index (Phi) is 5.69. The van der Waals surface area contributed by atoms with E-state index in [0.29, 0.717) is 16.9 Å². The van der Waals surface area contributed by atoms with Gasteiger partial charge in [0, 0.05) is 23.7 Å². The van der Waals surface area contributed by atoms with Crippen molar-refractivity contribution < 1.29 is 22.0 Å². The van der Waals surface area contributed by atoms with Gasteiger partial charge in [-0.1, -0.05) is 18.2 Å². The molecule has 1 fully saturated rings. The first-order chi connectivity index (χ1) is 14.4. The summed E-state index contributed by atoms with van der Waals surface area (Å²) in [6.45, 7) is 0.217. The molecule has 0 atom stereocenters. The molecule has 0 aliphatic heterocycles. The highest BCUT2D eigenvalue weighted by Crippen LogP contribution is 2.30. The lowest BCUT2D eigenvalue weighted by Gasteiger charge is -2.23. The molecule has 6 nitrogen and oxygen atoms in total. The Bertz CT molecular complexity index is 1120. The van der Waals surface area contributed by atoms with Gasteiger partial charge in [0.2, 0.25) is 10.0 Å². The molecule has 1 N–H and O–H groups in total. The van der Waals surface area contributed by atoms with Gasteiger partial charge in [0.1, 0.15) is 11.6 Å². The summed E-state index contributed by atoms with van der Waals surface area (Å²) >= 11 is 0. The third-order valence-electron chi connectivity index (χ3n) is 4.98. The van der Waals surface area contributed by atoms with Crippen LogP contribution >= 0.6 is 0 Å². The van der Waals surface area contributed by atoms with Crippen molar-refractivity contribution in [2.24, 2.45) is 0 Å². The van der Waals surface area contributed by atoms with Gasteiger partial charge >= 0.3 is 0 Å². The predicted molar refractivity (Wildman–Crippen MR) is 108 cm³/mol. The fourth-order valence-electron chi connectivity index (χ4n) is 3.17. The molecule has 30 heavy (non-hydrogen) atoms. The fraction of sp³-hybridized carbons (Fsp3) is 0.227. The number of sulfonamides is 1. The van der Waals surface area contributed by atoms with Crippen molar-refractivity contribution in [1.82, 2.24) is 9.62 Å². The van der Waals surface area contributed by atoms with Crippen molar-refractivity contribution in [2.45, 2.75) is 36.9 Å². The number of carbonyl (C=O) groups is 1. The molecule has 0 radical (unpaired) electrons. The number of halogens is 1. The van der Waals surface area contributed by atoms with E-state index in [1.54, 1.807) is 35.2 Å². The smallest absolute Gasteiger partial charge is 0.254 e. The second kappa shape index (κ2) is 8.41. The molecule has 1 aliphatic carbocycles. The van der Waals surface area contributed by atoms with Crippen LogP contribution in [0.1, 0.15) is 34.5 Å². The molecule has 2 aromatic carbocycles. The van der Waals surface area contributed by atoms with Gasteiger partial charge in [0.05, 0.1) is 17.7 Å². The van der Waals surface area contributed by atoms with Crippen LogP contribution in [0.15, 0.2) is 76.2 Å². The Morgan fingerprint density at radius 2 is 1.80 bits per heavy atom. The number of amides is 1. The predicted octanol–water partition coefficient (Wildman–Crippen LogP) is 3.70. The van der Waals surface area contributed by atoms with Gasteiger partial charge in [-0.2, -0.15) is 0 Å². The van der Waals surface area contributed by atoms with Crippen LogP contribution < -0.4 is 4.72 Å². The Labute approximate surface area is 174 Å². The number of nitrogens with one attached hydrogen (secondary N) is 1. The second-order valence-corrected chi connectivity index (χ2v) is 8.95. The standard InChI is InChI=1S/C22H21FN2O4S/c23-21-6-2-1-4-17(21)15-25(18-9-10-18)22(26)16-7-11-20(12-8-16)30(27,28)24-14-19-5-3-13-29-19/h1-8,11-13,18,24H,9-10,14-15H2. The van der Waals surface area contributed by atoms with Crippen LogP contribution in [0.4, 0.5) is 4.39 Å². The van der Waals surface area contributed by atoms with Crippen LogP contribution in [-0.4, -0.2) is 25.3 Å². The molecular formula is C22H21FN2O4S. The Balaban J connectivity index is 1.48. The van der Waals surface area contributed by atoms with E-state index >= 15 is 0 Å². The molecule has 1 aliphatic rings. The first kappa shape index (κ1) is 20.3. The second-order valence-electron chi connectivity index (χ2n) is 7.18. The van der Waals surface area contributed by atoms with Crippen molar-refractivity contribution in [3.05, 3.63) is 89.6 Å². The van der Waals surface area contributed by atoms with Crippen molar-refractivity contribution in [3.63, 3.8) is 0 Å². The van der Waals surface area contributed by atoms with Crippen LogP contribution in [0.3, 0.4) is 0 Å². The maximum atomic E-state index is 14.0. The van der Waals surface area contributed by atoms with Gasteiger partial charge in [-0.25, -0.2) is 17.5 Å². The van der Waals surface area contributed by atoms with Crippen LogP contribution in [0.2, 0.25) is 0 Å².